The molecule has 0 heterocycles. The molecule has 0 radical (unpaired) electrons. The van der Waals surface area contributed by atoms with E-state index in [0.29, 0.717) is 6.54 Å². The Morgan fingerprint density at radius 3 is 2.64 bits per heavy atom. The summed E-state index contributed by atoms with van der Waals surface area (Å²) in [5.74, 6) is -0.419. The van der Waals surface area contributed by atoms with Crippen LogP contribution in [0.4, 0.5) is 4.39 Å². The highest BCUT2D eigenvalue weighted by atomic mass is 19.1. The number of likely N-dealkylation sites (N-methyl/N-ethyl adjacent to an activating group) is 1. The quantitative estimate of drug-likeness (QED) is 0.730. The maximum atomic E-state index is 12.5. The second-order valence-corrected chi connectivity index (χ2v) is 2.78. The lowest BCUT2D eigenvalue weighted by atomic mass is 10.2. The van der Waals surface area contributed by atoms with E-state index in [-0.39, 0.29) is 11.7 Å². The van der Waals surface area contributed by atoms with Gasteiger partial charge in [0.1, 0.15) is 5.82 Å². The number of carbonyl (C=O) groups excluding carboxylic acids is 1. The van der Waals surface area contributed by atoms with E-state index in [0.717, 1.165) is 5.56 Å². The number of halogens is 1. The van der Waals surface area contributed by atoms with Crippen molar-refractivity contribution in [2.75, 3.05) is 6.54 Å². The fourth-order valence-corrected chi connectivity index (χ4v) is 0.979. The van der Waals surface area contributed by atoms with Gasteiger partial charge in [-0.15, -0.1) is 0 Å². The monoisotopic (exact) mass is 193 g/mol. The Bertz CT molecular complexity index is 330. The first kappa shape index (κ1) is 10.4. The number of carbonyl (C=O) groups is 1. The van der Waals surface area contributed by atoms with E-state index in [1.165, 1.54) is 18.2 Å². The largest absolute Gasteiger partial charge is 0.353 e. The molecule has 0 aromatic heterocycles. The van der Waals surface area contributed by atoms with E-state index < -0.39 is 0 Å². The van der Waals surface area contributed by atoms with Gasteiger partial charge >= 0.3 is 0 Å². The van der Waals surface area contributed by atoms with E-state index in [2.05, 4.69) is 5.32 Å². The van der Waals surface area contributed by atoms with Crippen molar-refractivity contribution in [3.8, 4) is 0 Å². The molecule has 3 heteroatoms. The number of amides is 1. The lowest BCUT2D eigenvalue weighted by Crippen LogP contribution is -2.19. The molecule has 0 saturated carbocycles. The third kappa shape index (κ3) is 3.39. The van der Waals surface area contributed by atoms with Crippen molar-refractivity contribution >= 4 is 12.0 Å². The van der Waals surface area contributed by atoms with Crippen molar-refractivity contribution in [2.24, 2.45) is 0 Å². The predicted molar refractivity (Wildman–Crippen MR) is 54.1 cm³/mol. The summed E-state index contributed by atoms with van der Waals surface area (Å²) in [7, 11) is 0. The van der Waals surface area contributed by atoms with Gasteiger partial charge < -0.3 is 5.32 Å². The van der Waals surface area contributed by atoms with Gasteiger partial charge in [-0.2, -0.15) is 0 Å². The molecule has 1 amide bonds. The first-order valence-electron chi connectivity index (χ1n) is 4.44. The minimum atomic E-state index is -0.278. The summed E-state index contributed by atoms with van der Waals surface area (Å²) in [6.07, 6.45) is 3.07. The minimum Gasteiger partial charge on any atom is -0.353 e. The molecule has 0 aliphatic heterocycles. The maximum absolute atomic E-state index is 12.5. The molecule has 14 heavy (non-hydrogen) atoms. The van der Waals surface area contributed by atoms with Crippen LogP contribution in [-0.2, 0) is 4.79 Å². The third-order valence-electron chi connectivity index (χ3n) is 1.65. The van der Waals surface area contributed by atoms with Gasteiger partial charge in [-0.05, 0) is 30.7 Å². The topological polar surface area (TPSA) is 29.1 Å². The summed E-state index contributed by atoms with van der Waals surface area (Å²) >= 11 is 0. The number of benzene rings is 1. The summed E-state index contributed by atoms with van der Waals surface area (Å²) in [6.45, 7) is 2.45. The summed E-state index contributed by atoms with van der Waals surface area (Å²) < 4.78 is 12.5. The lowest BCUT2D eigenvalue weighted by molar-refractivity contribution is -0.116. The van der Waals surface area contributed by atoms with Crippen molar-refractivity contribution in [3.05, 3.63) is 41.7 Å². The molecule has 0 bridgehead atoms. The van der Waals surface area contributed by atoms with Crippen LogP contribution in [0, 0.1) is 5.82 Å². The highest BCUT2D eigenvalue weighted by Crippen LogP contribution is 2.04. The second-order valence-electron chi connectivity index (χ2n) is 2.78. The van der Waals surface area contributed by atoms with Crippen LogP contribution in [0.3, 0.4) is 0 Å². The van der Waals surface area contributed by atoms with Crippen LogP contribution >= 0.6 is 0 Å². The van der Waals surface area contributed by atoms with Gasteiger partial charge in [-0.1, -0.05) is 12.1 Å². The van der Waals surface area contributed by atoms with Crippen molar-refractivity contribution < 1.29 is 9.18 Å². The van der Waals surface area contributed by atoms with Crippen LogP contribution in [0.5, 0.6) is 0 Å². The van der Waals surface area contributed by atoms with Gasteiger partial charge in [0.15, 0.2) is 0 Å². The number of hydrogen-bond donors (Lipinski definition) is 1. The highest BCUT2D eigenvalue weighted by molar-refractivity contribution is 5.91. The normalized spacial score (nSPS) is 10.4. The zero-order chi connectivity index (χ0) is 10.4. The smallest absolute Gasteiger partial charge is 0.243 e. The SMILES string of the molecule is CCNC(=O)/C=C/c1ccc(F)cc1. The first-order chi connectivity index (χ1) is 6.72. The van der Waals surface area contributed by atoms with Gasteiger partial charge in [-0.25, -0.2) is 4.39 Å². The van der Waals surface area contributed by atoms with E-state index in [1.54, 1.807) is 18.2 Å². The molecule has 0 saturated heterocycles. The molecule has 1 rings (SSSR count). The van der Waals surface area contributed by atoms with Gasteiger partial charge in [0.2, 0.25) is 5.91 Å². The third-order valence-corrected chi connectivity index (χ3v) is 1.65. The van der Waals surface area contributed by atoms with Crippen LogP contribution < -0.4 is 5.32 Å². The van der Waals surface area contributed by atoms with Crippen LogP contribution in [0.15, 0.2) is 30.3 Å². The molecule has 0 aliphatic carbocycles. The molecule has 0 fully saturated rings. The van der Waals surface area contributed by atoms with Crippen molar-refractivity contribution in [3.63, 3.8) is 0 Å². The Balaban J connectivity index is 2.60. The van der Waals surface area contributed by atoms with Gasteiger partial charge in [0, 0.05) is 12.6 Å². The Labute approximate surface area is 82.4 Å². The van der Waals surface area contributed by atoms with E-state index >= 15 is 0 Å². The van der Waals surface area contributed by atoms with E-state index in [4.69, 9.17) is 0 Å². The van der Waals surface area contributed by atoms with Crippen molar-refractivity contribution in [1.29, 1.82) is 0 Å². The summed E-state index contributed by atoms with van der Waals surface area (Å²) in [5.41, 5.74) is 0.803. The van der Waals surface area contributed by atoms with Crippen LogP contribution in [0.1, 0.15) is 12.5 Å². The maximum Gasteiger partial charge on any atom is 0.243 e. The van der Waals surface area contributed by atoms with Crippen LogP contribution in [0.25, 0.3) is 6.08 Å². The molecule has 1 aromatic rings. The standard InChI is InChI=1S/C11H12FNO/c1-2-13-11(14)8-5-9-3-6-10(12)7-4-9/h3-8H,2H2,1H3,(H,13,14)/b8-5+. The Kier molecular flexibility index (Phi) is 3.85. The fraction of sp³-hybridized carbons (Fsp3) is 0.182. The zero-order valence-electron chi connectivity index (χ0n) is 7.96. The summed E-state index contributed by atoms with van der Waals surface area (Å²) in [5, 5.41) is 2.63. The van der Waals surface area contributed by atoms with E-state index in [1.807, 2.05) is 6.92 Å². The van der Waals surface area contributed by atoms with Gasteiger partial charge in [-0.3, -0.25) is 4.79 Å². The molecular formula is C11H12FNO. The number of rotatable bonds is 3. The molecule has 2 nitrogen and oxygen atoms in total. The minimum absolute atomic E-state index is 0.142. The Hall–Kier alpha value is -1.64. The van der Waals surface area contributed by atoms with Gasteiger partial charge in [0.05, 0.1) is 0 Å². The average molecular weight is 193 g/mol. The second kappa shape index (κ2) is 5.17. The molecule has 0 atom stereocenters. The summed E-state index contributed by atoms with van der Waals surface area (Å²) in [4.78, 5) is 11.0. The Morgan fingerprint density at radius 1 is 1.43 bits per heavy atom. The molecule has 74 valence electrons. The predicted octanol–water partition coefficient (Wildman–Crippen LogP) is 1.98. The zero-order valence-corrected chi connectivity index (χ0v) is 7.96. The average Bonchev–Trinajstić information content (AvgIpc) is 2.17. The number of nitrogens with one attached hydrogen (secondary N) is 1. The van der Waals surface area contributed by atoms with Crippen LogP contribution in [0.2, 0.25) is 0 Å². The highest BCUT2D eigenvalue weighted by Gasteiger charge is 1.92. The molecule has 0 unspecified atom stereocenters. The first-order valence-corrected chi connectivity index (χ1v) is 4.44. The molecule has 0 spiro atoms. The molecule has 1 aromatic carbocycles. The fourth-order valence-electron chi connectivity index (χ4n) is 0.979. The molecular weight excluding hydrogens is 181 g/mol. The van der Waals surface area contributed by atoms with Crippen molar-refractivity contribution in [1.82, 2.24) is 5.32 Å². The Morgan fingerprint density at radius 2 is 2.07 bits per heavy atom. The summed E-state index contributed by atoms with van der Waals surface area (Å²) in [6, 6.07) is 5.95. The van der Waals surface area contributed by atoms with Gasteiger partial charge in [0.25, 0.3) is 0 Å². The lowest BCUT2D eigenvalue weighted by Gasteiger charge is -1.95. The van der Waals surface area contributed by atoms with Crippen LogP contribution in [-0.4, -0.2) is 12.5 Å². The molecule has 0 aliphatic rings. The van der Waals surface area contributed by atoms with E-state index in [9.17, 15) is 9.18 Å². The van der Waals surface area contributed by atoms with Crippen molar-refractivity contribution in [2.45, 2.75) is 6.92 Å². The number of hydrogen-bond acceptors (Lipinski definition) is 1. The molecule has 1 N–H and O–H groups in total.